The number of aromatic nitrogens is 1. The lowest BCUT2D eigenvalue weighted by molar-refractivity contribution is -0.279. The minimum absolute atomic E-state index is 0.0688. The SMILES string of the molecule is CC1(CNc2c(I)cnc3cc(Cl)ccc23)COC(C)(C)OC1. The normalized spacial score (nSPS) is 19.7. The van der Waals surface area contributed by atoms with Crippen LogP contribution in [0.3, 0.4) is 0 Å². The quantitative estimate of drug-likeness (QED) is 0.695. The van der Waals surface area contributed by atoms with E-state index in [1.807, 2.05) is 38.2 Å². The highest BCUT2D eigenvalue weighted by molar-refractivity contribution is 14.1. The van der Waals surface area contributed by atoms with Crippen LogP contribution in [-0.2, 0) is 9.47 Å². The third-order valence-electron chi connectivity index (χ3n) is 4.01. The molecule has 1 fully saturated rings. The molecule has 1 aromatic heterocycles. The van der Waals surface area contributed by atoms with E-state index in [1.165, 1.54) is 0 Å². The third-order valence-corrected chi connectivity index (χ3v) is 5.07. The molecule has 1 saturated heterocycles. The monoisotopic (exact) mass is 446 g/mol. The summed E-state index contributed by atoms with van der Waals surface area (Å²) in [4.78, 5) is 4.45. The summed E-state index contributed by atoms with van der Waals surface area (Å²) in [6, 6.07) is 5.79. The van der Waals surface area contributed by atoms with Crippen molar-refractivity contribution in [3.05, 3.63) is 33.0 Å². The van der Waals surface area contributed by atoms with E-state index in [-0.39, 0.29) is 5.41 Å². The van der Waals surface area contributed by atoms with Crippen LogP contribution < -0.4 is 5.32 Å². The standard InChI is InChI=1S/C17H20ClIN2O2/c1-16(2)22-9-17(3,10-23-16)8-21-15-12-5-4-11(18)6-14(12)20-7-13(15)19/h4-7H,8-10H2,1-3H3,(H,20,21). The molecule has 6 heteroatoms. The molecule has 3 rings (SSSR count). The summed E-state index contributed by atoms with van der Waals surface area (Å²) in [5, 5.41) is 5.33. The first-order valence-electron chi connectivity index (χ1n) is 7.54. The van der Waals surface area contributed by atoms with Crippen molar-refractivity contribution < 1.29 is 9.47 Å². The summed E-state index contributed by atoms with van der Waals surface area (Å²) in [6.45, 7) is 8.16. The lowest BCUT2D eigenvalue weighted by atomic mass is 9.91. The Morgan fingerprint density at radius 3 is 2.65 bits per heavy atom. The summed E-state index contributed by atoms with van der Waals surface area (Å²) in [6.07, 6.45) is 1.86. The predicted molar refractivity (Wildman–Crippen MR) is 102 cm³/mol. The number of ether oxygens (including phenoxy) is 2. The van der Waals surface area contributed by atoms with Crippen LogP contribution in [0.15, 0.2) is 24.4 Å². The number of hydrogen-bond acceptors (Lipinski definition) is 4. The van der Waals surface area contributed by atoms with Crippen molar-refractivity contribution in [3.63, 3.8) is 0 Å². The molecular weight excluding hydrogens is 427 g/mol. The van der Waals surface area contributed by atoms with Crippen LogP contribution in [0.5, 0.6) is 0 Å². The summed E-state index contributed by atoms with van der Waals surface area (Å²) >= 11 is 8.36. The topological polar surface area (TPSA) is 43.4 Å². The number of hydrogen-bond donors (Lipinski definition) is 1. The van der Waals surface area contributed by atoms with Gasteiger partial charge in [0.25, 0.3) is 0 Å². The zero-order valence-corrected chi connectivity index (χ0v) is 16.4. The highest BCUT2D eigenvalue weighted by atomic mass is 127. The van der Waals surface area contributed by atoms with Gasteiger partial charge in [0.1, 0.15) is 0 Å². The minimum atomic E-state index is -0.492. The molecule has 0 saturated carbocycles. The molecule has 4 nitrogen and oxygen atoms in total. The smallest absolute Gasteiger partial charge is 0.162 e. The number of benzene rings is 1. The summed E-state index contributed by atoms with van der Waals surface area (Å²) in [7, 11) is 0. The molecule has 0 bridgehead atoms. The Morgan fingerprint density at radius 2 is 1.96 bits per heavy atom. The predicted octanol–water partition coefficient (Wildman–Crippen LogP) is 4.69. The van der Waals surface area contributed by atoms with Gasteiger partial charge in [-0.1, -0.05) is 18.5 Å². The molecule has 0 amide bonds. The van der Waals surface area contributed by atoms with Gasteiger partial charge in [-0.3, -0.25) is 4.98 Å². The minimum Gasteiger partial charge on any atom is -0.383 e. The van der Waals surface area contributed by atoms with Crippen LogP contribution in [0, 0.1) is 8.99 Å². The molecule has 1 aromatic carbocycles. The molecule has 0 unspecified atom stereocenters. The van der Waals surface area contributed by atoms with Crippen LogP contribution in [0.2, 0.25) is 5.02 Å². The molecule has 0 atom stereocenters. The molecule has 0 spiro atoms. The summed E-state index contributed by atoms with van der Waals surface area (Å²) in [5.74, 6) is -0.492. The van der Waals surface area contributed by atoms with Crippen molar-refractivity contribution in [2.45, 2.75) is 26.6 Å². The van der Waals surface area contributed by atoms with E-state index in [1.54, 1.807) is 0 Å². The Kier molecular flexibility index (Phi) is 4.75. The maximum Gasteiger partial charge on any atom is 0.162 e. The van der Waals surface area contributed by atoms with Gasteiger partial charge in [0.2, 0.25) is 0 Å². The van der Waals surface area contributed by atoms with E-state index in [0.29, 0.717) is 18.2 Å². The number of nitrogens with zero attached hydrogens (tertiary/aromatic N) is 1. The zero-order valence-electron chi connectivity index (χ0n) is 13.5. The van der Waals surface area contributed by atoms with Crippen molar-refractivity contribution in [1.29, 1.82) is 0 Å². The Bertz CT molecular complexity index is 726. The van der Waals surface area contributed by atoms with Crippen LogP contribution >= 0.6 is 34.2 Å². The van der Waals surface area contributed by atoms with Crippen LogP contribution in [0.25, 0.3) is 10.9 Å². The lowest BCUT2D eigenvalue weighted by Gasteiger charge is -2.41. The molecule has 1 aliphatic heterocycles. The fraction of sp³-hybridized carbons (Fsp3) is 0.471. The molecule has 0 aliphatic carbocycles. The summed E-state index contributed by atoms with van der Waals surface area (Å²) < 4.78 is 12.7. The summed E-state index contributed by atoms with van der Waals surface area (Å²) in [5.41, 5.74) is 1.90. The molecule has 124 valence electrons. The molecule has 0 radical (unpaired) electrons. The number of fused-ring (bicyclic) bond motifs is 1. The molecule has 2 aromatic rings. The van der Waals surface area contributed by atoms with Gasteiger partial charge in [-0.25, -0.2) is 0 Å². The highest BCUT2D eigenvalue weighted by Gasteiger charge is 2.36. The second-order valence-corrected chi connectivity index (χ2v) is 8.38. The van der Waals surface area contributed by atoms with Gasteiger partial charge in [-0.2, -0.15) is 0 Å². The van der Waals surface area contributed by atoms with Crippen molar-refractivity contribution in [2.24, 2.45) is 5.41 Å². The molecule has 1 N–H and O–H groups in total. The first-order valence-corrected chi connectivity index (χ1v) is 8.99. The van der Waals surface area contributed by atoms with Gasteiger partial charge >= 0.3 is 0 Å². The average Bonchev–Trinajstić information content (AvgIpc) is 2.50. The van der Waals surface area contributed by atoms with Gasteiger partial charge in [-0.05, 0) is 54.6 Å². The van der Waals surface area contributed by atoms with Crippen LogP contribution in [0.1, 0.15) is 20.8 Å². The highest BCUT2D eigenvalue weighted by Crippen LogP contribution is 2.33. The third kappa shape index (κ3) is 3.90. The molecule has 2 heterocycles. The first kappa shape index (κ1) is 17.2. The Labute approximate surface area is 155 Å². The van der Waals surface area contributed by atoms with E-state index in [9.17, 15) is 0 Å². The Hall–Kier alpha value is -0.630. The number of anilines is 1. The van der Waals surface area contributed by atoms with Crippen molar-refractivity contribution >= 4 is 50.8 Å². The van der Waals surface area contributed by atoms with E-state index >= 15 is 0 Å². The second kappa shape index (κ2) is 6.35. The van der Waals surface area contributed by atoms with Crippen LogP contribution in [-0.4, -0.2) is 30.5 Å². The second-order valence-electron chi connectivity index (χ2n) is 6.78. The van der Waals surface area contributed by atoms with Gasteiger partial charge in [0, 0.05) is 28.6 Å². The average molecular weight is 447 g/mol. The zero-order chi connectivity index (χ0) is 16.7. The Balaban J connectivity index is 1.81. The molecular formula is C17H20ClIN2O2. The number of rotatable bonds is 3. The maximum atomic E-state index is 6.06. The largest absolute Gasteiger partial charge is 0.383 e. The van der Waals surface area contributed by atoms with E-state index < -0.39 is 5.79 Å². The fourth-order valence-corrected chi connectivity index (χ4v) is 3.29. The van der Waals surface area contributed by atoms with E-state index in [4.69, 9.17) is 21.1 Å². The molecule has 23 heavy (non-hydrogen) atoms. The van der Waals surface area contributed by atoms with E-state index in [2.05, 4.69) is 39.8 Å². The molecule has 1 aliphatic rings. The van der Waals surface area contributed by atoms with Crippen molar-refractivity contribution in [3.8, 4) is 0 Å². The van der Waals surface area contributed by atoms with Crippen LogP contribution in [0.4, 0.5) is 5.69 Å². The van der Waals surface area contributed by atoms with E-state index in [0.717, 1.165) is 26.7 Å². The number of nitrogens with one attached hydrogen (secondary N) is 1. The number of pyridine rings is 1. The maximum absolute atomic E-state index is 6.06. The van der Waals surface area contributed by atoms with Gasteiger partial charge in [0.05, 0.1) is 28.0 Å². The van der Waals surface area contributed by atoms with Gasteiger partial charge < -0.3 is 14.8 Å². The number of halogens is 2. The fourth-order valence-electron chi connectivity index (χ4n) is 2.51. The first-order chi connectivity index (χ1) is 10.8. The lowest BCUT2D eigenvalue weighted by Crippen LogP contribution is -2.48. The van der Waals surface area contributed by atoms with Crippen molar-refractivity contribution in [1.82, 2.24) is 4.98 Å². The van der Waals surface area contributed by atoms with Gasteiger partial charge in [-0.15, -0.1) is 0 Å². The Morgan fingerprint density at radius 1 is 1.26 bits per heavy atom. The van der Waals surface area contributed by atoms with Gasteiger partial charge in [0.15, 0.2) is 5.79 Å². The van der Waals surface area contributed by atoms with Crippen molar-refractivity contribution in [2.75, 3.05) is 25.1 Å².